The van der Waals surface area contributed by atoms with Gasteiger partial charge in [-0.3, -0.25) is 0 Å². The van der Waals surface area contributed by atoms with Crippen LogP contribution in [-0.4, -0.2) is 53.7 Å². The van der Waals surface area contributed by atoms with Gasteiger partial charge < -0.3 is 29.4 Å². The van der Waals surface area contributed by atoms with Gasteiger partial charge >= 0.3 is 12.1 Å². The first kappa shape index (κ1) is 24.7. The minimum absolute atomic E-state index is 0.0172. The van der Waals surface area contributed by atoms with Crippen LogP contribution in [-0.2, 0) is 37.0 Å². The van der Waals surface area contributed by atoms with Gasteiger partial charge in [-0.25, -0.2) is 9.59 Å². The molecule has 0 radical (unpaired) electrons. The molecule has 178 valence electrons. The van der Waals surface area contributed by atoms with E-state index in [4.69, 9.17) is 18.9 Å². The zero-order valence-corrected chi connectivity index (χ0v) is 19.1. The predicted octanol–water partition coefficient (Wildman–Crippen LogP) is 3.53. The largest absolute Gasteiger partial charge is 0.479 e. The molecule has 0 spiro atoms. The molecule has 1 aliphatic rings. The molecule has 0 unspecified atom stereocenters. The van der Waals surface area contributed by atoms with E-state index in [-0.39, 0.29) is 19.8 Å². The summed E-state index contributed by atoms with van der Waals surface area (Å²) in [5.74, 6) is -1.15. The lowest BCUT2D eigenvalue weighted by Gasteiger charge is -2.25. The molecule has 1 aliphatic heterocycles. The molecule has 1 heterocycles. The molecule has 2 N–H and O–H groups in total. The van der Waals surface area contributed by atoms with Crippen molar-refractivity contribution in [3.63, 3.8) is 0 Å². The number of hydrogen-bond donors (Lipinski definition) is 2. The highest BCUT2D eigenvalue weighted by molar-refractivity contribution is 5.74. The molecule has 0 saturated carbocycles. The molecule has 1 saturated heterocycles. The number of benzene rings is 2. The minimum Gasteiger partial charge on any atom is -0.479 e. The Hall–Kier alpha value is -2.94. The zero-order valence-electron chi connectivity index (χ0n) is 19.1. The number of carbonyl (C=O) groups excluding carboxylic acids is 1. The van der Waals surface area contributed by atoms with Crippen LogP contribution >= 0.6 is 0 Å². The van der Waals surface area contributed by atoms with Crippen molar-refractivity contribution in [3.8, 4) is 0 Å². The number of aliphatic carboxylic acids is 1. The first-order chi connectivity index (χ1) is 15.7. The van der Waals surface area contributed by atoms with Gasteiger partial charge in [0.15, 0.2) is 6.10 Å². The van der Waals surface area contributed by atoms with Gasteiger partial charge in [0.2, 0.25) is 0 Å². The standard InChI is InChI=1S/C25H31NO7/c1-25(2,3)33-24(29)26-14-19-20(30-15-17-10-6-4-7-11-17)21(22(32-19)23(27)28)31-16-18-12-8-5-9-13-18/h4-13,19-22H,14-16H2,1-3H3,(H,26,29)(H,27,28)/t19-,20-,21+,22-/m1/s1. The second-order valence-electron chi connectivity index (χ2n) is 8.84. The molecule has 2 aromatic carbocycles. The number of hydrogen-bond acceptors (Lipinski definition) is 6. The van der Waals surface area contributed by atoms with Crippen LogP contribution in [0.4, 0.5) is 4.79 Å². The molecule has 3 rings (SSSR count). The molecular weight excluding hydrogens is 426 g/mol. The molecule has 33 heavy (non-hydrogen) atoms. The molecule has 8 nitrogen and oxygen atoms in total. The van der Waals surface area contributed by atoms with Gasteiger partial charge in [0, 0.05) is 6.54 Å². The normalized spacial score (nSPS) is 22.6. The van der Waals surface area contributed by atoms with Crippen molar-refractivity contribution in [2.24, 2.45) is 0 Å². The molecule has 1 fully saturated rings. The fraction of sp³-hybridized carbons (Fsp3) is 0.440. The quantitative estimate of drug-likeness (QED) is 0.594. The minimum atomic E-state index is -1.24. The van der Waals surface area contributed by atoms with Crippen molar-refractivity contribution in [3.05, 3.63) is 71.8 Å². The van der Waals surface area contributed by atoms with Crippen LogP contribution in [0.3, 0.4) is 0 Å². The lowest BCUT2D eigenvalue weighted by molar-refractivity contribution is -0.156. The summed E-state index contributed by atoms with van der Waals surface area (Å²) in [6, 6.07) is 19.0. The topological polar surface area (TPSA) is 103 Å². The predicted molar refractivity (Wildman–Crippen MR) is 121 cm³/mol. The fourth-order valence-electron chi connectivity index (χ4n) is 3.51. The maximum atomic E-state index is 12.1. The van der Waals surface area contributed by atoms with Gasteiger partial charge in [-0.15, -0.1) is 0 Å². The number of carbonyl (C=O) groups is 2. The summed E-state index contributed by atoms with van der Waals surface area (Å²) < 4.78 is 23.2. The summed E-state index contributed by atoms with van der Waals surface area (Å²) >= 11 is 0. The Balaban J connectivity index is 1.73. The van der Waals surface area contributed by atoms with E-state index in [0.29, 0.717) is 0 Å². The van der Waals surface area contributed by atoms with E-state index in [0.717, 1.165) is 11.1 Å². The third-order valence-corrected chi connectivity index (χ3v) is 4.97. The lowest BCUT2D eigenvalue weighted by Crippen LogP contribution is -2.44. The second-order valence-corrected chi connectivity index (χ2v) is 8.84. The monoisotopic (exact) mass is 457 g/mol. The number of alkyl carbamates (subject to hydrolysis) is 1. The molecule has 0 bridgehead atoms. The van der Waals surface area contributed by atoms with Crippen LogP contribution in [0.25, 0.3) is 0 Å². The van der Waals surface area contributed by atoms with Gasteiger partial charge in [0.25, 0.3) is 0 Å². The van der Waals surface area contributed by atoms with E-state index in [2.05, 4.69) is 5.32 Å². The third kappa shape index (κ3) is 7.56. The first-order valence-electron chi connectivity index (χ1n) is 10.9. The van der Waals surface area contributed by atoms with Crippen LogP contribution < -0.4 is 5.32 Å². The fourth-order valence-corrected chi connectivity index (χ4v) is 3.51. The Bertz CT molecular complexity index is 898. The average molecular weight is 458 g/mol. The van der Waals surface area contributed by atoms with Crippen molar-refractivity contribution < 1.29 is 33.6 Å². The van der Waals surface area contributed by atoms with E-state index < -0.39 is 42.1 Å². The van der Waals surface area contributed by atoms with Gasteiger partial charge in [-0.1, -0.05) is 60.7 Å². The second kappa shape index (κ2) is 11.3. The van der Waals surface area contributed by atoms with Crippen LogP contribution in [0.1, 0.15) is 31.9 Å². The molecule has 0 aromatic heterocycles. The molecule has 1 amide bonds. The Kier molecular flexibility index (Phi) is 8.43. The third-order valence-electron chi connectivity index (χ3n) is 4.97. The van der Waals surface area contributed by atoms with Crippen molar-refractivity contribution >= 4 is 12.1 Å². The van der Waals surface area contributed by atoms with E-state index >= 15 is 0 Å². The summed E-state index contributed by atoms with van der Waals surface area (Å²) in [5, 5.41) is 12.4. The smallest absolute Gasteiger partial charge is 0.407 e. The summed E-state index contributed by atoms with van der Waals surface area (Å²) in [7, 11) is 0. The SMILES string of the molecule is CC(C)(C)OC(=O)NC[C@H]1O[C@@H](C(=O)O)[C@@H](OCc2ccccc2)[C@@H]1OCc1ccccc1. The number of rotatable bonds is 9. The molecule has 2 aromatic rings. The van der Waals surface area contributed by atoms with E-state index in [1.165, 1.54) is 0 Å². The van der Waals surface area contributed by atoms with Gasteiger partial charge in [-0.2, -0.15) is 0 Å². The average Bonchev–Trinajstić information content (AvgIpc) is 3.13. The number of nitrogens with one attached hydrogen (secondary N) is 1. The Morgan fingerprint density at radius 3 is 1.91 bits per heavy atom. The molecule has 4 atom stereocenters. The number of carboxylic acid groups (broad SMARTS) is 1. The zero-order chi connectivity index (χ0) is 23.8. The van der Waals surface area contributed by atoms with Crippen LogP contribution in [0.15, 0.2) is 60.7 Å². The lowest BCUT2D eigenvalue weighted by atomic mass is 10.1. The summed E-state index contributed by atoms with van der Waals surface area (Å²) in [4.78, 5) is 24.1. The highest BCUT2D eigenvalue weighted by Gasteiger charge is 2.50. The molecule has 0 aliphatic carbocycles. The summed E-state index contributed by atoms with van der Waals surface area (Å²) in [6.45, 7) is 5.75. The van der Waals surface area contributed by atoms with Crippen molar-refractivity contribution in [1.29, 1.82) is 0 Å². The van der Waals surface area contributed by atoms with Gasteiger partial charge in [0.1, 0.15) is 23.9 Å². The highest BCUT2D eigenvalue weighted by Crippen LogP contribution is 2.29. The van der Waals surface area contributed by atoms with Crippen molar-refractivity contribution in [1.82, 2.24) is 5.32 Å². The Morgan fingerprint density at radius 1 is 0.909 bits per heavy atom. The Labute approximate surface area is 193 Å². The number of carboxylic acids is 1. The highest BCUT2D eigenvalue weighted by atomic mass is 16.6. The van der Waals surface area contributed by atoms with Crippen LogP contribution in [0.5, 0.6) is 0 Å². The van der Waals surface area contributed by atoms with Gasteiger partial charge in [-0.05, 0) is 31.9 Å². The summed E-state index contributed by atoms with van der Waals surface area (Å²) in [6.07, 6.45) is -4.17. The number of amides is 1. The Morgan fingerprint density at radius 2 is 1.42 bits per heavy atom. The first-order valence-corrected chi connectivity index (χ1v) is 10.9. The molecular formula is C25H31NO7. The van der Waals surface area contributed by atoms with Crippen LogP contribution in [0.2, 0.25) is 0 Å². The van der Waals surface area contributed by atoms with Crippen molar-refractivity contribution in [2.75, 3.05) is 6.54 Å². The maximum Gasteiger partial charge on any atom is 0.407 e. The van der Waals surface area contributed by atoms with E-state index in [1.54, 1.807) is 20.8 Å². The molecule has 8 heteroatoms. The van der Waals surface area contributed by atoms with E-state index in [9.17, 15) is 14.7 Å². The van der Waals surface area contributed by atoms with Gasteiger partial charge in [0.05, 0.1) is 13.2 Å². The number of ether oxygens (including phenoxy) is 4. The summed E-state index contributed by atoms with van der Waals surface area (Å²) in [5.41, 5.74) is 1.17. The van der Waals surface area contributed by atoms with Crippen molar-refractivity contribution in [2.45, 2.75) is 64.0 Å². The van der Waals surface area contributed by atoms with E-state index in [1.807, 2.05) is 60.7 Å². The van der Waals surface area contributed by atoms with Crippen LogP contribution in [0, 0.1) is 0 Å². The maximum absolute atomic E-state index is 12.1.